The van der Waals surface area contributed by atoms with Crippen molar-refractivity contribution >= 4 is 5.97 Å². The van der Waals surface area contributed by atoms with Crippen molar-refractivity contribution in [1.82, 2.24) is 0 Å². The van der Waals surface area contributed by atoms with E-state index in [0.717, 1.165) is 5.57 Å². The highest BCUT2D eigenvalue weighted by Crippen LogP contribution is 2.77. The molecule has 146 valence electrons. The summed E-state index contributed by atoms with van der Waals surface area (Å²) in [6.45, 7) is 9.18. The number of aliphatic hydroxyl groups excluding tert-OH is 1. The van der Waals surface area contributed by atoms with E-state index >= 15 is 0 Å². The highest BCUT2D eigenvalue weighted by Gasteiger charge is 2.94. The molecule has 4 N–H and O–H groups in total. The van der Waals surface area contributed by atoms with Crippen molar-refractivity contribution in [3.63, 3.8) is 0 Å². The average molecular weight is 366 g/mol. The predicted molar refractivity (Wildman–Crippen MR) is 93.0 cm³/mol. The normalized spacial score (nSPS) is 55.8. The van der Waals surface area contributed by atoms with Gasteiger partial charge < -0.3 is 25.2 Å². The Balaban J connectivity index is 2.11. The van der Waals surface area contributed by atoms with E-state index < -0.39 is 39.9 Å². The Morgan fingerprint density at radius 3 is 2.35 bits per heavy atom. The summed E-state index contributed by atoms with van der Waals surface area (Å²) >= 11 is 0. The Morgan fingerprint density at radius 2 is 1.77 bits per heavy atom. The summed E-state index contributed by atoms with van der Waals surface area (Å²) < 4.78 is 5.72. The molecule has 0 aromatic rings. The highest BCUT2D eigenvalue weighted by molar-refractivity contribution is 5.77. The molecule has 0 aromatic carbocycles. The minimum atomic E-state index is -2.02. The monoisotopic (exact) mass is 366 g/mol. The van der Waals surface area contributed by atoms with Gasteiger partial charge in [-0.1, -0.05) is 33.3 Å². The molecule has 1 saturated heterocycles. The molecule has 4 rings (SSSR count). The SMILES string of the molecule is CC1=C(C(C)C)CC2(O)C3(C)CC(=O)OC4(C(O)C(C)CCC34O)C12O. The summed E-state index contributed by atoms with van der Waals surface area (Å²) in [6, 6.07) is 0. The molecule has 2 bridgehead atoms. The third-order valence-electron chi connectivity index (χ3n) is 8.43. The van der Waals surface area contributed by atoms with Crippen LogP contribution in [0.5, 0.6) is 0 Å². The Morgan fingerprint density at radius 1 is 1.15 bits per heavy atom. The van der Waals surface area contributed by atoms with Crippen molar-refractivity contribution in [3.05, 3.63) is 11.1 Å². The lowest BCUT2D eigenvalue weighted by Crippen LogP contribution is -2.77. The Bertz CT molecular complexity index is 730. The molecule has 26 heavy (non-hydrogen) atoms. The van der Waals surface area contributed by atoms with Crippen LogP contribution in [0.15, 0.2) is 11.1 Å². The largest absolute Gasteiger partial charge is 0.450 e. The van der Waals surface area contributed by atoms with Crippen LogP contribution in [-0.2, 0) is 9.53 Å². The van der Waals surface area contributed by atoms with E-state index in [1.807, 2.05) is 20.8 Å². The number of esters is 1. The molecule has 1 aliphatic heterocycles. The maximum Gasteiger partial charge on any atom is 0.307 e. The van der Waals surface area contributed by atoms with Crippen molar-refractivity contribution in [2.75, 3.05) is 0 Å². The molecule has 6 nitrogen and oxygen atoms in total. The van der Waals surface area contributed by atoms with Gasteiger partial charge in [-0.3, -0.25) is 4.79 Å². The summed E-state index contributed by atoms with van der Waals surface area (Å²) in [5.41, 5.74) is -7.38. The standard InChI is InChI=1S/C20H30O6/c1-10(2)13-8-18(24)16(5)9-14(21)26-20(19(18,25)12(13)4)15(22)11(3)6-7-17(16,20)23/h10-11,15,22-25H,6-9H2,1-5H3. The van der Waals surface area contributed by atoms with Crippen LogP contribution in [0.1, 0.15) is 60.3 Å². The van der Waals surface area contributed by atoms with Crippen molar-refractivity contribution in [2.24, 2.45) is 17.3 Å². The van der Waals surface area contributed by atoms with Crippen LogP contribution in [-0.4, -0.2) is 54.9 Å². The summed E-state index contributed by atoms with van der Waals surface area (Å²) in [5.74, 6) is -0.801. The summed E-state index contributed by atoms with van der Waals surface area (Å²) in [5, 5.41) is 47.0. The zero-order valence-electron chi connectivity index (χ0n) is 16.2. The van der Waals surface area contributed by atoms with E-state index in [1.54, 1.807) is 13.8 Å². The van der Waals surface area contributed by atoms with Crippen LogP contribution in [0.2, 0.25) is 0 Å². The first-order valence-corrected chi connectivity index (χ1v) is 9.61. The minimum Gasteiger partial charge on any atom is -0.450 e. The molecule has 0 spiro atoms. The molecule has 7 unspecified atom stereocenters. The lowest BCUT2D eigenvalue weighted by Gasteiger charge is -2.59. The zero-order valence-corrected chi connectivity index (χ0v) is 16.2. The van der Waals surface area contributed by atoms with Crippen molar-refractivity contribution in [2.45, 2.75) is 88.8 Å². The van der Waals surface area contributed by atoms with Gasteiger partial charge in [-0.05, 0) is 37.2 Å². The van der Waals surface area contributed by atoms with Crippen LogP contribution >= 0.6 is 0 Å². The molecule has 0 radical (unpaired) electrons. The third kappa shape index (κ3) is 1.41. The Labute approximate surface area is 153 Å². The minimum absolute atomic E-state index is 0.0799. The van der Waals surface area contributed by atoms with Crippen LogP contribution < -0.4 is 0 Å². The van der Waals surface area contributed by atoms with Crippen molar-refractivity contribution < 1.29 is 30.0 Å². The fourth-order valence-corrected chi connectivity index (χ4v) is 6.88. The molecule has 1 heterocycles. The van der Waals surface area contributed by atoms with Crippen LogP contribution in [0.3, 0.4) is 0 Å². The summed E-state index contributed by atoms with van der Waals surface area (Å²) in [7, 11) is 0. The topological polar surface area (TPSA) is 107 Å². The lowest BCUT2D eigenvalue weighted by atomic mass is 9.55. The van der Waals surface area contributed by atoms with Crippen LogP contribution in [0.25, 0.3) is 0 Å². The molecule has 4 aliphatic rings. The van der Waals surface area contributed by atoms with Gasteiger partial charge in [0.1, 0.15) is 17.3 Å². The van der Waals surface area contributed by atoms with Gasteiger partial charge in [-0.25, -0.2) is 0 Å². The van der Waals surface area contributed by atoms with Crippen molar-refractivity contribution in [3.8, 4) is 0 Å². The van der Waals surface area contributed by atoms with Gasteiger partial charge in [0.2, 0.25) is 5.60 Å². The predicted octanol–water partition coefficient (Wildman–Crippen LogP) is 1.05. The van der Waals surface area contributed by atoms with E-state index in [2.05, 4.69) is 0 Å². The third-order valence-corrected chi connectivity index (χ3v) is 8.43. The van der Waals surface area contributed by atoms with E-state index in [-0.39, 0.29) is 31.1 Å². The lowest BCUT2D eigenvalue weighted by molar-refractivity contribution is -0.307. The Kier molecular flexibility index (Phi) is 3.34. The number of carbonyl (C=O) groups is 1. The number of rotatable bonds is 1. The fraction of sp³-hybridized carbons (Fsp3) is 0.850. The number of hydrogen-bond acceptors (Lipinski definition) is 6. The highest BCUT2D eigenvalue weighted by atomic mass is 16.6. The number of hydrogen-bond donors (Lipinski definition) is 4. The summed E-state index contributed by atoms with van der Waals surface area (Å²) in [6.07, 6.45) is -0.525. The molecule has 3 aliphatic carbocycles. The first-order chi connectivity index (χ1) is 11.8. The summed E-state index contributed by atoms with van der Waals surface area (Å²) in [4.78, 5) is 12.5. The smallest absolute Gasteiger partial charge is 0.307 e. The van der Waals surface area contributed by atoms with Crippen LogP contribution in [0, 0.1) is 17.3 Å². The van der Waals surface area contributed by atoms with E-state index in [4.69, 9.17) is 4.74 Å². The number of fused-ring (bicyclic) bond motifs is 2. The molecule has 3 fully saturated rings. The zero-order chi connectivity index (χ0) is 19.5. The molecule has 2 saturated carbocycles. The van der Waals surface area contributed by atoms with Gasteiger partial charge in [-0.15, -0.1) is 0 Å². The van der Waals surface area contributed by atoms with Gasteiger partial charge in [0.25, 0.3) is 0 Å². The van der Waals surface area contributed by atoms with Crippen molar-refractivity contribution in [1.29, 1.82) is 0 Å². The first kappa shape index (κ1) is 18.4. The average Bonchev–Trinajstić information content (AvgIpc) is 2.79. The van der Waals surface area contributed by atoms with Gasteiger partial charge >= 0.3 is 5.97 Å². The second-order valence-corrected chi connectivity index (χ2v) is 9.59. The number of ether oxygens (including phenoxy) is 1. The molecule has 0 amide bonds. The number of aliphatic hydroxyl groups is 4. The van der Waals surface area contributed by atoms with Gasteiger partial charge in [0.05, 0.1) is 6.42 Å². The fourth-order valence-electron chi connectivity index (χ4n) is 6.88. The molecular formula is C20H30O6. The molecule has 7 atom stereocenters. The van der Waals surface area contributed by atoms with Gasteiger partial charge in [-0.2, -0.15) is 0 Å². The van der Waals surface area contributed by atoms with E-state index in [9.17, 15) is 25.2 Å². The van der Waals surface area contributed by atoms with E-state index in [0.29, 0.717) is 12.0 Å². The van der Waals surface area contributed by atoms with Gasteiger partial charge in [0, 0.05) is 11.8 Å². The number of carbonyl (C=O) groups excluding carboxylic acids is 1. The van der Waals surface area contributed by atoms with Gasteiger partial charge in [0.15, 0.2) is 5.60 Å². The second-order valence-electron chi connectivity index (χ2n) is 9.59. The Hall–Kier alpha value is -0.950. The second kappa shape index (κ2) is 4.72. The quantitative estimate of drug-likeness (QED) is 0.408. The van der Waals surface area contributed by atoms with Crippen LogP contribution in [0.4, 0.5) is 0 Å². The maximum atomic E-state index is 12.5. The van der Waals surface area contributed by atoms with E-state index in [1.165, 1.54) is 0 Å². The molecular weight excluding hydrogens is 336 g/mol. The molecule has 6 heteroatoms. The first-order valence-electron chi connectivity index (χ1n) is 9.61. The molecule has 0 aromatic heterocycles. The maximum absolute atomic E-state index is 12.5.